The number of hydrogen-bond donors (Lipinski definition) is 2. The van der Waals surface area contributed by atoms with Crippen molar-refractivity contribution in [1.29, 1.82) is 0 Å². The molecule has 0 saturated carbocycles. The minimum absolute atomic E-state index is 0.190. The molecule has 44 heavy (non-hydrogen) atoms. The number of benzene rings is 2. The maximum Gasteiger partial charge on any atom is 0.343 e. The van der Waals surface area contributed by atoms with Gasteiger partial charge in [0, 0.05) is 4.88 Å². The van der Waals surface area contributed by atoms with Crippen LogP contribution in [0.4, 0.5) is 5.00 Å². The molecular formula is C32H35N3O8S. The van der Waals surface area contributed by atoms with Crippen molar-refractivity contribution in [1.82, 2.24) is 5.43 Å². The number of nitrogens with one attached hydrogen (secondary N) is 2. The minimum Gasteiger partial charge on any atom is -0.494 e. The van der Waals surface area contributed by atoms with E-state index in [0.717, 1.165) is 29.7 Å². The fourth-order valence-electron chi connectivity index (χ4n) is 4.55. The van der Waals surface area contributed by atoms with Gasteiger partial charge >= 0.3 is 23.8 Å². The molecule has 0 bridgehead atoms. The van der Waals surface area contributed by atoms with Crippen LogP contribution >= 0.6 is 11.3 Å². The summed E-state index contributed by atoms with van der Waals surface area (Å²) in [4.78, 5) is 51.5. The first-order valence-electron chi connectivity index (χ1n) is 14.3. The van der Waals surface area contributed by atoms with Crippen LogP contribution in [0.2, 0.25) is 0 Å². The molecule has 0 spiro atoms. The van der Waals surface area contributed by atoms with Gasteiger partial charge in [0.1, 0.15) is 10.8 Å². The lowest BCUT2D eigenvalue weighted by Gasteiger charge is -2.18. The predicted octanol–water partition coefficient (Wildman–Crippen LogP) is 5.16. The van der Waals surface area contributed by atoms with E-state index >= 15 is 0 Å². The summed E-state index contributed by atoms with van der Waals surface area (Å²) in [5.74, 6) is -1.51. The number of anilines is 1. The zero-order chi connectivity index (χ0) is 31.6. The summed E-state index contributed by atoms with van der Waals surface area (Å²) in [6.07, 6.45) is 4.61. The van der Waals surface area contributed by atoms with Gasteiger partial charge in [-0.15, -0.1) is 11.3 Å². The van der Waals surface area contributed by atoms with Gasteiger partial charge in [0.15, 0.2) is 11.5 Å². The molecule has 1 atom stereocenters. The number of methoxy groups -OCH3 is 1. The summed E-state index contributed by atoms with van der Waals surface area (Å²) in [7, 11) is 1.42. The molecule has 0 unspecified atom stereocenters. The Morgan fingerprint density at radius 1 is 1.02 bits per heavy atom. The molecule has 0 radical (unpaired) electrons. The first-order chi connectivity index (χ1) is 21.2. The maximum absolute atomic E-state index is 12.7. The molecule has 2 aromatic carbocycles. The monoisotopic (exact) mass is 621 g/mol. The van der Waals surface area contributed by atoms with Crippen LogP contribution in [0.1, 0.15) is 70.3 Å². The van der Waals surface area contributed by atoms with Crippen molar-refractivity contribution in [2.24, 2.45) is 11.0 Å². The van der Waals surface area contributed by atoms with Crippen molar-refractivity contribution >= 4 is 46.3 Å². The Kier molecular flexibility index (Phi) is 11.1. The third-order valence-corrected chi connectivity index (χ3v) is 7.93. The second-order valence-electron chi connectivity index (χ2n) is 10.1. The number of carbonyl (C=O) groups is 4. The van der Waals surface area contributed by atoms with Crippen LogP contribution in [0.3, 0.4) is 0 Å². The van der Waals surface area contributed by atoms with Crippen LogP contribution in [-0.2, 0) is 27.2 Å². The maximum atomic E-state index is 12.7. The molecule has 1 aliphatic rings. The van der Waals surface area contributed by atoms with E-state index in [1.54, 1.807) is 43.3 Å². The van der Waals surface area contributed by atoms with E-state index in [1.807, 2.05) is 6.92 Å². The molecule has 11 nitrogen and oxygen atoms in total. The number of amides is 2. The van der Waals surface area contributed by atoms with Crippen molar-refractivity contribution < 1.29 is 38.1 Å². The number of hydrazone groups is 1. The van der Waals surface area contributed by atoms with Gasteiger partial charge in [-0.2, -0.15) is 5.10 Å². The van der Waals surface area contributed by atoms with Gasteiger partial charge in [0.25, 0.3) is 0 Å². The molecule has 2 N–H and O–H groups in total. The van der Waals surface area contributed by atoms with Gasteiger partial charge < -0.3 is 24.3 Å². The average molecular weight is 622 g/mol. The lowest BCUT2D eigenvalue weighted by molar-refractivity contribution is -0.136. The van der Waals surface area contributed by atoms with Crippen LogP contribution in [-0.4, -0.2) is 50.3 Å². The molecule has 1 heterocycles. The van der Waals surface area contributed by atoms with Crippen molar-refractivity contribution in [3.05, 3.63) is 69.6 Å². The highest BCUT2D eigenvalue weighted by Crippen LogP contribution is 2.40. The Balaban J connectivity index is 1.37. The van der Waals surface area contributed by atoms with Crippen LogP contribution in [0.5, 0.6) is 17.2 Å². The molecular weight excluding hydrogens is 586 g/mol. The Labute approximate surface area is 259 Å². The minimum atomic E-state index is -1.01. The van der Waals surface area contributed by atoms with Crippen molar-refractivity contribution in [3.63, 3.8) is 0 Å². The number of carbonyl (C=O) groups excluding carboxylic acids is 4. The number of ether oxygens (including phenoxy) is 4. The first kappa shape index (κ1) is 32.2. The summed E-state index contributed by atoms with van der Waals surface area (Å²) >= 11 is 1.29. The third-order valence-electron chi connectivity index (χ3n) is 6.76. The Morgan fingerprint density at radius 3 is 2.50 bits per heavy atom. The third kappa shape index (κ3) is 8.01. The lowest BCUT2D eigenvalue weighted by atomic mass is 9.88. The smallest absolute Gasteiger partial charge is 0.343 e. The Hall–Kier alpha value is -4.71. The molecule has 0 aliphatic heterocycles. The number of nitrogens with zero attached hydrogens (tertiary/aromatic N) is 1. The lowest BCUT2D eigenvalue weighted by Crippen LogP contribution is -2.32. The predicted molar refractivity (Wildman–Crippen MR) is 166 cm³/mol. The Morgan fingerprint density at radius 2 is 1.80 bits per heavy atom. The number of rotatable bonds is 11. The zero-order valence-corrected chi connectivity index (χ0v) is 25.9. The number of thiophene rings is 1. The molecule has 12 heteroatoms. The van der Waals surface area contributed by atoms with Crippen molar-refractivity contribution in [2.75, 3.05) is 25.6 Å². The summed E-state index contributed by atoms with van der Waals surface area (Å²) in [6, 6.07) is 11.3. The largest absolute Gasteiger partial charge is 0.494 e. The van der Waals surface area contributed by atoms with Crippen LogP contribution in [0.15, 0.2) is 47.6 Å². The van der Waals surface area contributed by atoms with E-state index in [1.165, 1.54) is 30.7 Å². The van der Waals surface area contributed by atoms with Gasteiger partial charge in [-0.05, 0) is 92.1 Å². The normalized spacial score (nSPS) is 14.0. The highest BCUT2D eigenvalue weighted by atomic mass is 32.1. The van der Waals surface area contributed by atoms with Gasteiger partial charge in [-0.25, -0.2) is 15.0 Å². The molecule has 1 aromatic heterocycles. The van der Waals surface area contributed by atoms with Crippen LogP contribution < -0.4 is 25.0 Å². The Bertz CT molecular complexity index is 1550. The first-order valence-corrected chi connectivity index (χ1v) is 15.1. The number of hydrogen-bond acceptors (Lipinski definition) is 10. The van der Waals surface area contributed by atoms with E-state index in [-0.39, 0.29) is 18.1 Å². The van der Waals surface area contributed by atoms with Gasteiger partial charge in [0.2, 0.25) is 0 Å². The molecule has 3 aromatic rings. The van der Waals surface area contributed by atoms with E-state index in [4.69, 9.17) is 18.9 Å². The van der Waals surface area contributed by atoms with E-state index in [9.17, 15) is 19.2 Å². The van der Waals surface area contributed by atoms with Crippen molar-refractivity contribution in [2.45, 2.75) is 46.5 Å². The fraction of sp³-hybridized carbons (Fsp3) is 0.344. The topological polar surface area (TPSA) is 142 Å². The summed E-state index contributed by atoms with van der Waals surface area (Å²) in [5.41, 5.74) is 4.22. The number of esters is 2. The fourth-order valence-corrected chi connectivity index (χ4v) is 5.94. The average Bonchev–Trinajstić information content (AvgIpc) is 3.37. The second kappa shape index (κ2) is 15.1. The summed E-state index contributed by atoms with van der Waals surface area (Å²) in [5, 5.41) is 6.71. The molecule has 4 rings (SSSR count). The van der Waals surface area contributed by atoms with E-state index < -0.39 is 23.8 Å². The SMILES string of the molecule is CCCOc1ccc(C(=O)Oc2ccc(/C=N\NC(=O)C(=O)Nc3sc4c(c3C(=O)OCC)CC[C@H](C)C4)cc2OC)cc1. The molecule has 1 aliphatic carbocycles. The van der Waals surface area contributed by atoms with E-state index in [0.29, 0.717) is 46.4 Å². The van der Waals surface area contributed by atoms with Gasteiger partial charge in [0.05, 0.1) is 37.7 Å². The van der Waals surface area contributed by atoms with Crippen LogP contribution in [0.25, 0.3) is 0 Å². The second-order valence-corrected chi connectivity index (χ2v) is 11.2. The van der Waals surface area contributed by atoms with E-state index in [2.05, 4.69) is 22.8 Å². The highest BCUT2D eigenvalue weighted by Gasteiger charge is 2.30. The molecule has 232 valence electrons. The van der Waals surface area contributed by atoms with Crippen LogP contribution in [0, 0.1) is 5.92 Å². The molecule has 0 fully saturated rings. The summed E-state index contributed by atoms with van der Waals surface area (Å²) < 4.78 is 21.6. The van der Waals surface area contributed by atoms with Crippen molar-refractivity contribution in [3.8, 4) is 17.2 Å². The summed E-state index contributed by atoms with van der Waals surface area (Å²) in [6.45, 7) is 6.63. The molecule has 0 saturated heterocycles. The zero-order valence-electron chi connectivity index (χ0n) is 25.1. The standard InChI is InChI=1S/C32H35N3O8S/c1-5-15-42-22-11-9-21(10-12-22)31(38)43-24-14-8-20(17-25(24)40-4)18-33-35-29(37)28(36)34-30-27(32(39)41-6-2)23-13-7-19(3)16-26(23)44-30/h8-12,14,17-19H,5-7,13,15-16H2,1-4H3,(H,34,36)(H,35,37)/b33-18-/t19-/m0/s1. The molecule has 2 amide bonds. The highest BCUT2D eigenvalue weighted by molar-refractivity contribution is 7.17. The quantitative estimate of drug-likeness (QED) is 0.0984. The van der Waals surface area contributed by atoms with Gasteiger partial charge in [-0.3, -0.25) is 9.59 Å². The number of fused-ring (bicyclic) bond motifs is 1. The van der Waals surface area contributed by atoms with Gasteiger partial charge in [-0.1, -0.05) is 13.8 Å².